The molecule has 0 saturated heterocycles. The van der Waals surface area contributed by atoms with E-state index in [0.29, 0.717) is 5.92 Å². The molecule has 9 heavy (non-hydrogen) atoms. The van der Waals surface area contributed by atoms with Crippen LogP contribution in [0, 0.1) is 5.92 Å². The number of hydrogen-bond donors (Lipinski definition) is 2. The van der Waals surface area contributed by atoms with Crippen LogP contribution in [-0.2, 0) is 0 Å². The molecule has 1 atom stereocenters. The highest BCUT2D eigenvalue weighted by Gasteiger charge is 1.96. The number of thiocarbonyl (C=S) groups is 1. The van der Waals surface area contributed by atoms with Crippen molar-refractivity contribution in [2.75, 3.05) is 13.1 Å². The van der Waals surface area contributed by atoms with Crippen molar-refractivity contribution in [2.45, 2.75) is 13.3 Å². The van der Waals surface area contributed by atoms with Crippen molar-refractivity contribution in [3.63, 3.8) is 0 Å². The predicted octanol–water partition coefficient (Wildman–Crippen LogP) is 0.518. The Balaban J connectivity index is 3.04. The second-order valence-electron chi connectivity index (χ2n) is 2.21. The summed E-state index contributed by atoms with van der Waals surface area (Å²) in [5, 5.41) is 2.97. The molecule has 0 aromatic rings. The molecule has 0 amide bonds. The Kier molecular flexibility index (Phi) is 5.88. The van der Waals surface area contributed by atoms with Crippen molar-refractivity contribution in [1.82, 2.24) is 5.32 Å². The van der Waals surface area contributed by atoms with E-state index in [1.807, 2.05) is 0 Å². The standard InChI is InChI=1S/C6H14N2S/c1-6(2-3-7)4-8-5-9/h5-6H,2-4,7H2,1H3,(H,8,9). The van der Waals surface area contributed by atoms with E-state index in [9.17, 15) is 0 Å². The summed E-state index contributed by atoms with van der Waals surface area (Å²) < 4.78 is 0. The molecule has 0 aliphatic heterocycles. The zero-order valence-electron chi connectivity index (χ0n) is 5.76. The Labute approximate surface area is 61.8 Å². The number of nitrogens with two attached hydrogens (primary N) is 1. The van der Waals surface area contributed by atoms with Gasteiger partial charge < -0.3 is 11.1 Å². The van der Waals surface area contributed by atoms with Gasteiger partial charge in [-0.05, 0) is 18.9 Å². The SMILES string of the molecule is CC(CCN)CNC=S. The normalized spacial score (nSPS) is 12.7. The lowest BCUT2D eigenvalue weighted by Crippen LogP contribution is -2.20. The summed E-state index contributed by atoms with van der Waals surface area (Å²) in [7, 11) is 0. The van der Waals surface area contributed by atoms with Gasteiger partial charge >= 0.3 is 0 Å². The Hall–Kier alpha value is -0.150. The molecule has 0 radical (unpaired) electrons. The molecule has 0 spiro atoms. The maximum atomic E-state index is 5.34. The second-order valence-corrected chi connectivity index (χ2v) is 2.44. The topological polar surface area (TPSA) is 38.0 Å². The van der Waals surface area contributed by atoms with E-state index < -0.39 is 0 Å². The maximum absolute atomic E-state index is 5.34. The van der Waals surface area contributed by atoms with Gasteiger partial charge in [0.2, 0.25) is 0 Å². The average Bonchev–Trinajstić information content (AvgIpc) is 1.85. The Bertz CT molecular complexity index is 75.5. The van der Waals surface area contributed by atoms with E-state index in [2.05, 4.69) is 24.5 Å². The van der Waals surface area contributed by atoms with Gasteiger partial charge in [0.1, 0.15) is 0 Å². The quantitative estimate of drug-likeness (QED) is 0.555. The first-order valence-electron chi connectivity index (χ1n) is 3.18. The zero-order chi connectivity index (χ0) is 7.11. The molecule has 3 heteroatoms. The summed E-state index contributed by atoms with van der Waals surface area (Å²) in [6, 6.07) is 0. The molecule has 0 heterocycles. The predicted molar refractivity (Wildman–Crippen MR) is 44.5 cm³/mol. The first-order valence-corrected chi connectivity index (χ1v) is 3.65. The molecule has 0 aromatic carbocycles. The van der Waals surface area contributed by atoms with Crippen molar-refractivity contribution >= 4 is 17.7 Å². The summed E-state index contributed by atoms with van der Waals surface area (Å²) in [4.78, 5) is 0. The van der Waals surface area contributed by atoms with Crippen LogP contribution in [0.15, 0.2) is 0 Å². The molecule has 54 valence electrons. The largest absolute Gasteiger partial charge is 0.382 e. The van der Waals surface area contributed by atoms with Gasteiger partial charge in [-0.2, -0.15) is 0 Å². The molecule has 0 fully saturated rings. The minimum absolute atomic E-state index is 0.634. The maximum Gasteiger partial charge on any atom is 0.0614 e. The molecule has 0 bridgehead atoms. The minimum Gasteiger partial charge on any atom is -0.382 e. The molecular weight excluding hydrogens is 132 g/mol. The summed E-state index contributed by atoms with van der Waals surface area (Å²) in [6.07, 6.45) is 1.07. The van der Waals surface area contributed by atoms with Crippen LogP contribution in [0.1, 0.15) is 13.3 Å². The molecule has 0 aliphatic carbocycles. The molecule has 2 nitrogen and oxygen atoms in total. The lowest BCUT2D eigenvalue weighted by Gasteiger charge is -2.07. The van der Waals surface area contributed by atoms with Crippen LogP contribution in [0.25, 0.3) is 0 Å². The van der Waals surface area contributed by atoms with E-state index in [4.69, 9.17) is 5.73 Å². The summed E-state index contributed by atoms with van der Waals surface area (Å²) in [5.74, 6) is 0.634. The van der Waals surface area contributed by atoms with E-state index in [1.165, 1.54) is 0 Å². The first-order chi connectivity index (χ1) is 4.31. The zero-order valence-corrected chi connectivity index (χ0v) is 6.58. The number of nitrogens with one attached hydrogen (secondary N) is 1. The van der Waals surface area contributed by atoms with Crippen LogP contribution in [0.4, 0.5) is 0 Å². The Morgan fingerprint density at radius 2 is 2.44 bits per heavy atom. The van der Waals surface area contributed by atoms with Crippen LogP contribution in [0.2, 0.25) is 0 Å². The number of hydrogen-bond acceptors (Lipinski definition) is 2. The van der Waals surface area contributed by atoms with Gasteiger partial charge in [-0.1, -0.05) is 19.1 Å². The van der Waals surface area contributed by atoms with Gasteiger partial charge in [0.15, 0.2) is 0 Å². The fraction of sp³-hybridized carbons (Fsp3) is 0.833. The van der Waals surface area contributed by atoms with Crippen molar-refractivity contribution < 1.29 is 0 Å². The summed E-state index contributed by atoms with van der Waals surface area (Å²) in [6.45, 7) is 3.86. The molecule has 3 N–H and O–H groups in total. The van der Waals surface area contributed by atoms with Gasteiger partial charge in [-0.3, -0.25) is 0 Å². The molecule has 0 rings (SSSR count). The molecule has 0 aromatic heterocycles. The van der Waals surface area contributed by atoms with Gasteiger partial charge in [-0.15, -0.1) is 0 Å². The van der Waals surface area contributed by atoms with Crippen LogP contribution >= 0.6 is 12.2 Å². The smallest absolute Gasteiger partial charge is 0.0614 e. The average molecular weight is 146 g/mol. The fourth-order valence-corrected chi connectivity index (χ4v) is 0.732. The van der Waals surface area contributed by atoms with Crippen molar-refractivity contribution in [2.24, 2.45) is 11.7 Å². The van der Waals surface area contributed by atoms with Crippen molar-refractivity contribution in [3.05, 3.63) is 0 Å². The van der Waals surface area contributed by atoms with Crippen LogP contribution in [-0.4, -0.2) is 18.6 Å². The molecule has 0 saturated carbocycles. The van der Waals surface area contributed by atoms with E-state index in [0.717, 1.165) is 19.5 Å². The van der Waals surface area contributed by atoms with Crippen molar-refractivity contribution in [3.8, 4) is 0 Å². The monoisotopic (exact) mass is 146 g/mol. The van der Waals surface area contributed by atoms with Crippen molar-refractivity contribution in [1.29, 1.82) is 0 Å². The highest BCUT2D eigenvalue weighted by atomic mass is 32.1. The third-order valence-corrected chi connectivity index (χ3v) is 1.38. The van der Waals surface area contributed by atoms with Crippen LogP contribution in [0.5, 0.6) is 0 Å². The van der Waals surface area contributed by atoms with Crippen LogP contribution < -0.4 is 11.1 Å². The Morgan fingerprint density at radius 3 is 2.89 bits per heavy atom. The third kappa shape index (κ3) is 5.73. The highest BCUT2D eigenvalue weighted by molar-refractivity contribution is 7.78. The van der Waals surface area contributed by atoms with E-state index in [1.54, 1.807) is 5.49 Å². The second kappa shape index (κ2) is 5.98. The fourth-order valence-electron chi connectivity index (χ4n) is 0.636. The lowest BCUT2D eigenvalue weighted by atomic mass is 10.1. The molecule has 1 unspecified atom stereocenters. The number of rotatable bonds is 5. The molecule has 0 aliphatic rings. The highest BCUT2D eigenvalue weighted by Crippen LogP contribution is 1.95. The van der Waals surface area contributed by atoms with Gasteiger partial charge in [0, 0.05) is 6.54 Å². The summed E-state index contributed by atoms with van der Waals surface area (Å²) >= 11 is 4.59. The van der Waals surface area contributed by atoms with Gasteiger partial charge in [-0.25, -0.2) is 0 Å². The van der Waals surface area contributed by atoms with E-state index >= 15 is 0 Å². The van der Waals surface area contributed by atoms with E-state index in [-0.39, 0.29) is 0 Å². The minimum atomic E-state index is 0.634. The Morgan fingerprint density at radius 1 is 1.78 bits per heavy atom. The summed E-state index contributed by atoms with van der Waals surface area (Å²) in [5.41, 5.74) is 6.89. The van der Waals surface area contributed by atoms with Gasteiger partial charge in [0.25, 0.3) is 0 Å². The van der Waals surface area contributed by atoms with Gasteiger partial charge in [0.05, 0.1) is 5.49 Å². The first kappa shape index (κ1) is 8.85. The van der Waals surface area contributed by atoms with Crippen LogP contribution in [0.3, 0.4) is 0 Å². The molecular formula is C6H14N2S. The third-order valence-electron chi connectivity index (χ3n) is 1.21. The lowest BCUT2D eigenvalue weighted by molar-refractivity contribution is 0.533.